The van der Waals surface area contributed by atoms with Gasteiger partial charge in [0.05, 0.1) is 5.52 Å². The van der Waals surface area contributed by atoms with Crippen molar-refractivity contribution in [1.82, 2.24) is 4.98 Å². The van der Waals surface area contributed by atoms with Crippen LogP contribution < -0.4 is 5.73 Å². The number of fused-ring (bicyclic) bond motifs is 1. The molecule has 2 aromatic rings. The first-order valence-corrected chi connectivity index (χ1v) is 3.72. The van der Waals surface area contributed by atoms with Crippen molar-refractivity contribution in [2.75, 3.05) is 5.73 Å². The lowest BCUT2D eigenvalue weighted by atomic mass is 10.2. The predicted octanol–water partition coefficient (Wildman–Crippen LogP) is 2.20. The van der Waals surface area contributed by atoms with Crippen LogP contribution in [0.3, 0.4) is 0 Å². The van der Waals surface area contributed by atoms with E-state index < -0.39 is 0 Å². The van der Waals surface area contributed by atoms with E-state index in [0.29, 0.717) is 11.2 Å². The Bertz CT molecular complexity index is 392. The number of nitrogens with one attached hydrogen (secondary N) is 1. The number of aromatic amines is 1. The van der Waals surface area contributed by atoms with Gasteiger partial charge in [-0.05, 0) is 25.1 Å². The fourth-order valence-electron chi connectivity index (χ4n) is 1.34. The molecule has 0 spiro atoms. The van der Waals surface area contributed by atoms with Crippen LogP contribution in [-0.4, -0.2) is 4.98 Å². The Kier molecular flexibility index (Phi) is 1.33. The molecule has 2 nitrogen and oxygen atoms in total. The van der Waals surface area contributed by atoms with Crippen LogP contribution in [0.1, 0.15) is 5.69 Å². The van der Waals surface area contributed by atoms with Crippen molar-refractivity contribution in [3.8, 4) is 0 Å². The van der Waals surface area contributed by atoms with Crippen molar-refractivity contribution in [3.63, 3.8) is 0 Å². The molecule has 1 heterocycles. The molecule has 0 aliphatic rings. The van der Waals surface area contributed by atoms with Gasteiger partial charge in [-0.2, -0.15) is 0 Å². The summed E-state index contributed by atoms with van der Waals surface area (Å²) in [5.41, 5.74) is 7.67. The third-order valence-corrected chi connectivity index (χ3v) is 1.91. The van der Waals surface area contributed by atoms with Crippen molar-refractivity contribution in [2.45, 2.75) is 6.92 Å². The van der Waals surface area contributed by atoms with Crippen LogP contribution in [0.2, 0.25) is 0 Å². The molecule has 12 heavy (non-hydrogen) atoms. The van der Waals surface area contributed by atoms with Gasteiger partial charge in [-0.3, -0.25) is 0 Å². The molecule has 0 amide bonds. The predicted molar refractivity (Wildman–Crippen MR) is 47.4 cm³/mol. The summed E-state index contributed by atoms with van der Waals surface area (Å²) in [5.74, 6) is -0.257. The van der Waals surface area contributed by atoms with Crippen LogP contribution in [-0.2, 0) is 0 Å². The molecule has 0 fully saturated rings. The topological polar surface area (TPSA) is 41.8 Å². The van der Waals surface area contributed by atoms with Gasteiger partial charge in [0.2, 0.25) is 0 Å². The number of aromatic nitrogens is 1. The lowest BCUT2D eigenvalue weighted by Crippen LogP contribution is -1.86. The molecule has 0 aliphatic heterocycles. The Balaban J connectivity index is 2.93. The van der Waals surface area contributed by atoms with Gasteiger partial charge in [0.15, 0.2) is 0 Å². The molecule has 0 radical (unpaired) electrons. The van der Waals surface area contributed by atoms with Crippen LogP contribution in [0.25, 0.3) is 10.9 Å². The number of aryl methyl sites for hydroxylation is 1. The standard InChI is InChI=1S/C9H9FN2/c1-5-4-6-8(11)3-2-7(10)9(6)12-5/h2-4,12H,11H2,1H3. The molecule has 0 aliphatic carbocycles. The summed E-state index contributed by atoms with van der Waals surface area (Å²) >= 11 is 0. The van der Waals surface area contributed by atoms with Gasteiger partial charge in [-0.1, -0.05) is 0 Å². The lowest BCUT2D eigenvalue weighted by molar-refractivity contribution is 0.637. The number of H-pyrrole nitrogens is 1. The van der Waals surface area contributed by atoms with E-state index in [-0.39, 0.29) is 5.82 Å². The summed E-state index contributed by atoms with van der Waals surface area (Å²) in [6.07, 6.45) is 0. The van der Waals surface area contributed by atoms with Gasteiger partial charge in [0, 0.05) is 16.8 Å². The van der Waals surface area contributed by atoms with Crippen LogP contribution >= 0.6 is 0 Å². The Morgan fingerprint density at radius 2 is 2.17 bits per heavy atom. The lowest BCUT2D eigenvalue weighted by Gasteiger charge is -1.95. The van der Waals surface area contributed by atoms with E-state index in [0.717, 1.165) is 11.1 Å². The van der Waals surface area contributed by atoms with Crippen molar-refractivity contribution >= 4 is 16.6 Å². The van der Waals surface area contributed by atoms with Gasteiger partial charge in [-0.25, -0.2) is 4.39 Å². The maximum atomic E-state index is 13.1. The van der Waals surface area contributed by atoms with E-state index >= 15 is 0 Å². The molecule has 62 valence electrons. The SMILES string of the molecule is Cc1cc2c(N)ccc(F)c2[nH]1. The van der Waals surface area contributed by atoms with Crippen LogP contribution in [0, 0.1) is 12.7 Å². The molecule has 0 bridgehead atoms. The van der Waals surface area contributed by atoms with Crippen molar-refractivity contribution < 1.29 is 4.39 Å². The van der Waals surface area contributed by atoms with Crippen LogP contribution in [0.4, 0.5) is 10.1 Å². The number of benzene rings is 1. The maximum Gasteiger partial charge on any atom is 0.147 e. The number of anilines is 1. The smallest absolute Gasteiger partial charge is 0.147 e. The molecule has 0 atom stereocenters. The highest BCUT2D eigenvalue weighted by Gasteiger charge is 2.05. The first-order valence-electron chi connectivity index (χ1n) is 3.72. The molecule has 3 heteroatoms. The number of rotatable bonds is 0. The zero-order valence-electron chi connectivity index (χ0n) is 6.69. The molecule has 0 saturated carbocycles. The van der Waals surface area contributed by atoms with Gasteiger partial charge in [0.1, 0.15) is 5.82 Å². The molecular formula is C9H9FN2. The van der Waals surface area contributed by atoms with Crippen LogP contribution in [0.5, 0.6) is 0 Å². The van der Waals surface area contributed by atoms with Crippen molar-refractivity contribution in [3.05, 3.63) is 29.7 Å². The third-order valence-electron chi connectivity index (χ3n) is 1.91. The first-order chi connectivity index (χ1) is 5.68. The summed E-state index contributed by atoms with van der Waals surface area (Å²) in [7, 11) is 0. The normalized spacial score (nSPS) is 10.8. The van der Waals surface area contributed by atoms with Crippen LogP contribution in [0.15, 0.2) is 18.2 Å². The van der Waals surface area contributed by atoms with Gasteiger partial charge >= 0.3 is 0 Å². The summed E-state index contributed by atoms with van der Waals surface area (Å²) in [6, 6.07) is 4.78. The van der Waals surface area contributed by atoms with Crippen molar-refractivity contribution in [1.29, 1.82) is 0 Å². The average molecular weight is 164 g/mol. The Labute approximate surface area is 69.2 Å². The minimum absolute atomic E-state index is 0.257. The Morgan fingerprint density at radius 1 is 1.42 bits per heavy atom. The highest BCUT2D eigenvalue weighted by atomic mass is 19.1. The van der Waals surface area contributed by atoms with Gasteiger partial charge in [0.25, 0.3) is 0 Å². The Morgan fingerprint density at radius 3 is 2.83 bits per heavy atom. The zero-order valence-corrected chi connectivity index (χ0v) is 6.69. The highest BCUT2D eigenvalue weighted by Crippen LogP contribution is 2.23. The number of nitrogen functional groups attached to an aromatic ring is 1. The monoisotopic (exact) mass is 164 g/mol. The zero-order chi connectivity index (χ0) is 8.72. The summed E-state index contributed by atoms with van der Waals surface area (Å²) in [6.45, 7) is 1.87. The van der Waals surface area contributed by atoms with E-state index in [2.05, 4.69) is 4.98 Å². The molecule has 1 aromatic carbocycles. The van der Waals surface area contributed by atoms with E-state index in [9.17, 15) is 4.39 Å². The van der Waals surface area contributed by atoms with Gasteiger partial charge in [-0.15, -0.1) is 0 Å². The number of halogens is 1. The Hall–Kier alpha value is -1.51. The number of hydrogen-bond acceptors (Lipinski definition) is 1. The number of nitrogens with two attached hydrogens (primary N) is 1. The summed E-state index contributed by atoms with van der Waals surface area (Å²) < 4.78 is 13.1. The second-order valence-corrected chi connectivity index (χ2v) is 2.88. The molecular weight excluding hydrogens is 155 g/mol. The molecule has 2 rings (SSSR count). The largest absolute Gasteiger partial charge is 0.398 e. The van der Waals surface area contributed by atoms with Crippen molar-refractivity contribution in [2.24, 2.45) is 0 Å². The third kappa shape index (κ3) is 0.863. The average Bonchev–Trinajstić information content (AvgIpc) is 2.41. The van der Waals surface area contributed by atoms with E-state index in [1.807, 2.05) is 13.0 Å². The van der Waals surface area contributed by atoms with E-state index in [1.165, 1.54) is 6.07 Å². The highest BCUT2D eigenvalue weighted by molar-refractivity contribution is 5.91. The summed E-state index contributed by atoms with van der Waals surface area (Å²) in [4.78, 5) is 2.91. The van der Waals surface area contributed by atoms with Gasteiger partial charge < -0.3 is 10.7 Å². The van der Waals surface area contributed by atoms with E-state index in [4.69, 9.17) is 5.73 Å². The quantitative estimate of drug-likeness (QED) is 0.576. The fourth-order valence-corrected chi connectivity index (χ4v) is 1.34. The molecule has 0 saturated heterocycles. The molecule has 3 N–H and O–H groups in total. The molecule has 1 aromatic heterocycles. The fraction of sp³-hybridized carbons (Fsp3) is 0.111. The number of hydrogen-bond donors (Lipinski definition) is 2. The minimum atomic E-state index is -0.257. The second kappa shape index (κ2) is 2.24. The summed E-state index contributed by atoms with van der Waals surface area (Å²) in [5, 5.41) is 0.757. The van der Waals surface area contributed by atoms with E-state index in [1.54, 1.807) is 6.07 Å². The maximum absolute atomic E-state index is 13.1. The first kappa shape index (κ1) is 7.16. The molecule has 0 unspecified atom stereocenters. The second-order valence-electron chi connectivity index (χ2n) is 2.88. The minimum Gasteiger partial charge on any atom is -0.398 e.